The fraction of sp³-hybridized carbons (Fsp3) is 0.333. The highest BCUT2D eigenvalue weighted by Gasteiger charge is 2.18. The summed E-state index contributed by atoms with van der Waals surface area (Å²) in [5, 5.41) is 17.4. The van der Waals surface area contributed by atoms with E-state index in [0.29, 0.717) is 11.3 Å². The molecule has 1 aromatic carbocycles. The summed E-state index contributed by atoms with van der Waals surface area (Å²) in [5.41, 5.74) is 3.28. The van der Waals surface area contributed by atoms with Crippen molar-refractivity contribution < 1.29 is 4.79 Å². The molecule has 160 valence electrons. The van der Waals surface area contributed by atoms with Gasteiger partial charge >= 0.3 is 6.03 Å². The third-order valence-corrected chi connectivity index (χ3v) is 4.50. The maximum atomic E-state index is 11.8. The molecule has 6 nitrogen and oxygen atoms in total. The molecule has 1 aliphatic rings. The number of carbonyl (C=O) groups excluding carboxylic acids is 1. The Labute approximate surface area is 180 Å². The summed E-state index contributed by atoms with van der Waals surface area (Å²) in [6.07, 6.45) is 9.50. The van der Waals surface area contributed by atoms with Crippen molar-refractivity contribution in [2.45, 2.75) is 32.7 Å². The van der Waals surface area contributed by atoms with Crippen LogP contribution in [-0.4, -0.2) is 37.1 Å². The van der Waals surface area contributed by atoms with Gasteiger partial charge in [0.25, 0.3) is 0 Å². The number of urea groups is 1. The van der Waals surface area contributed by atoms with Gasteiger partial charge in [-0.25, -0.2) is 4.79 Å². The van der Waals surface area contributed by atoms with Gasteiger partial charge < -0.3 is 20.9 Å². The summed E-state index contributed by atoms with van der Waals surface area (Å²) in [7, 11) is 2.09. The predicted octanol–water partition coefficient (Wildman–Crippen LogP) is 4.53. The second-order valence-corrected chi connectivity index (χ2v) is 7.10. The van der Waals surface area contributed by atoms with Crippen LogP contribution in [0.4, 0.5) is 10.5 Å². The minimum absolute atomic E-state index is 0.181. The van der Waals surface area contributed by atoms with Crippen molar-refractivity contribution in [3.63, 3.8) is 0 Å². The normalized spacial score (nSPS) is 14.8. The number of rotatable bonds is 6. The van der Waals surface area contributed by atoms with Crippen molar-refractivity contribution in [2.24, 2.45) is 0 Å². The maximum absolute atomic E-state index is 11.8. The molecule has 0 aromatic heterocycles. The molecule has 0 saturated carbocycles. The number of carbonyl (C=O) groups is 1. The van der Waals surface area contributed by atoms with E-state index in [0.717, 1.165) is 37.2 Å². The molecule has 0 radical (unpaired) electrons. The average molecular weight is 408 g/mol. The van der Waals surface area contributed by atoms with Gasteiger partial charge in [-0.05, 0) is 88.9 Å². The molecule has 0 atom stereocenters. The summed E-state index contributed by atoms with van der Waals surface area (Å²) in [5.74, 6) is 0. The monoisotopic (exact) mass is 407 g/mol. The van der Waals surface area contributed by atoms with Crippen LogP contribution in [0.2, 0.25) is 0 Å². The minimum atomic E-state index is -0.181. The van der Waals surface area contributed by atoms with Gasteiger partial charge in [-0.3, -0.25) is 0 Å². The van der Waals surface area contributed by atoms with Gasteiger partial charge in [0.05, 0.1) is 11.6 Å². The lowest BCUT2D eigenvalue weighted by Gasteiger charge is -2.29. The Morgan fingerprint density at radius 1 is 1.27 bits per heavy atom. The number of hydrogen-bond acceptors (Lipinski definition) is 4. The third-order valence-electron chi connectivity index (χ3n) is 4.50. The summed E-state index contributed by atoms with van der Waals surface area (Å²) in [4.78, 5) is 14.1. The number of nitriles is 1. The molecule has 6 heteroatoms. The van der Waals surface area contributed by atoms with Gasteiger partial charge in [0.1, 0.15) is 0 Å². The van der Waals surface area contributed by atoms with E-state index in [2.05, 4.69) is 41.1 Å². The molecule has 0 spiro atoms. The number of nitrogens with one attached hydrogen (secondary N) is 3. The highest BCUT2D eigenvalue weighted by Crippen LogP contribution is 2.11. The number of benzene rings is 1. The number of anilines is 1. The zero-order chi connectivity index (χ0) is 22.4. The van der Waals surface area contributed by atoms with E-state index >= 15 is 0 Å². The van der Waals surface area contributed by atoms with Crippen LogP contribution < -0.4 is 16.0 Å². The van der Waals surface area contributed by atoms with Crippen LogP contribution in [0.15, 0.2) is 73.1 Å². The van der Waals surface area contributed by atoms with Crippen LogP contribution in [0.25, 0.3) is 0 Å². The van der Waals surface area contributed by atoms with Crippen molar-refractivity contribution in [3.8, 4) is 6.07 Å². The van der Waals surface area contributed by atoms with Gasteiger partial charge in [-0.1, -0.05) is 25.3 Å². The van der Waals surface area contributed by atoms with Crippen LogP contribution in [0.5, 0.6) is 0 Å². The van der Waals surface area contributed by atoms with E-state index in [-0.39, 0.29) is 12.1 Å². The van der Waals surface area contributed by atoms with Crippen molar-refractivity contribution in [2.75, 3.05) is 25.5 Å². The predicted molar refractivity (Wildman–Crippen MR) is 125 cm³/mol. The third kappa shape index (κ3) is 9.76. The van der Waals surface area contributed by atoms with Crippen LogP contribution in [0, 0.1) is 11.3 Å². The number of allylic oxidation sites excluding steroid dienone is 4. The first-order valence-electron chi connectivity index (χ1n) is 10.0. The second kappa shape index (κ2) is 13.8. The van der Waals surface area contributed by atoms with E-state index in [1.165, 1.54) is 0 Å². The summed E-state index contributed by atoms with van der Waals surface area (Å²) in [6, 6.07) is 8.94. The standard InChI is InChI=1S/C14H18N4O.C10H15N/c1-18-8-6-13(7-9-18)17-14(19)16-12-4-2-11(10-15)3-5-12;1-5-7-8-10(9(3)4)11-6-2/h2-5,13H,6-9H2,1H3,(H2,16,17,19);5-8,11H,2-3H2,1,4H3/b;7-5-,10-8+. The fourth-order valence-corrected chi connectivity index (χ4v) is 2.75. The number of piperidine rings is 1. The average Bonchev–Trinajstić information content (AvgIpc) is 2.73. The Balaban J connectivity index is 0.000000352. The molecule has 3 N–H and O–H groups in total. The van der Waals surface area contributed by atoms with Gasteiger partial charge in [0, 0.05) is 17.4 Å². The Kier molecular flexibility index (Phi) is 11.4. The maximum Gasteiger partial charge on any atom is 0.319 e. The largest absolute Gasteiger partial charge is 0.362 e. The first kappa shape index (κ1) is 24.7. The smallest absolute Gasteiger partial charge is 0.319 e. The van der Waals surface area contributed by atoms with Crippen LogP contribution in [0.3, 0.4) is 0 Å². The number of nitrogens with zero attached hydrogens (tertiary/aromatic N) is 2. The molecule has 2 rings (SSSR count). The molecule has 2 amide bonds. The highest BCUT2D eigenvalue weighted by molar-refractivity contribution is 5.89. The van der Waals surface area contributed by atoms with E-state index in [1.54, 1.807) is 30.5 Å². The molecule has 1 heterocycles. The van der Waals surface area contributed by atoms with Crippen molar-refractivity contribution in [1.82, 2.24) is 15.5 Å². The molecule has 0 bridgehead atoms. The molecule has 30 heavy (non-hydrogen) atoms. The molecule has 1 aromatic rings. The van der Waals surface area contributed by atoms with E-state index in [1.807, 2.05) is 38.1 Å². The van der Waals surface area contributed by atoms with E-state index in [4.69, 9.17) is 5.26 Å². The lowest BCUT2D eigenvalue weighted by Crippen LogP contribution is -2.44. The van der Waals surface area contributed by atoms with Gasteiger partial charge in [0.15, 0.2) is 0 Å². The molecular weight excluding hydrogens is 374 g/mol. The Bertz CT molecular complexity index is 794. The second-order valence-electron chi connectivity index (χ2n) is 7.10. The number of likely N-dealkylation sites (tertiary alicyclic amines) is 1. The first-order chi connectivity index (χ1) is 14.4. The summed E-state index contributed by atoms with van der Waals surface area (Å²) in [6.45, 7) is 13.3. The molecular formula is C24H33N5O. The van der Waals surface area contributed by atoms with Gasteiger partial charge in [0.2, 0.25) is 0 Å². The van der Waals surface area contributed by atoms with Crippen molar-refractivity contribution >= 4 is 11.7 Å². The van der Waals surface area contributed by atoms with E-state index < -0.39 is 0 Å². The Hall–Kier alpha value is -3.30. The number of amides is 2. The lowest BCUT2D eigenvalue weighted by atomic mass is 10.1. The van der Waals surface area contributed by atoms with Crippen molar-refractivity contribution in [3.05, 3.63) is 78.7 Å². The summed E-state index contributed by atoms with van der Waals surface area (Å²) < 4.78 is 0. The summed E-state index contributed by atoms with van der Waals surface area (Å²) >= 11 is 0. The Morgan fingerprint density at radius 2 is 1.90 bits per heavy atom. The topological polar surface area (TPSA) is 80.2 Å². The van der Waals surface area contributed by atoms with Crippen molar-refractivity contribution in [1.29, 1.82) is 5.26 Å². The number of hydrogen-bond donors (Lipinski definition) is 3. The van der Waals surface area contributed by atoms with Gasteiger partial charge in [-0.2, -0.15) is 5.26 Å². The Morgan fingerprint density at radius 3 is 2.40 bits per heavy atom. The fourth-order valence-electron chi connectivity index (χ4n) is 2.75. The van der Waals surface area contributed by atoms with Crippen LogP contribution >= 0.6 is 0 Å². The lowest BCUT2D eigenvalue weighted by molar-refractivity contribution is 0.221. The first-order valence-corrected chi connectivity index (χ1v) is 10.0. The van der Waals surface area contributed by atoms with Crippen LogP contribution in [-0.2, 0) is 0 Å². The molecule has 1 saturated heterocycles. The SMILES string of the molecule is C=CN/C(=C/C=C\C)C(=C)C.CN1CCC(NC(=O)Nc2ccc(C#N)cc2)CC1. The molecule has 0 unspecified atom stereocenters. The molecule has 1 fully saturated rings. The quantitative estimate of drug-likeness (QED) is 0.605. The molecule has 1 aliphatic heterocycles. The highest BCUT2D eigenvalue weighted by atomic mass is 16.2. The zero-order valence-corrected chi connectivity index (χ0v) is 18.2. The van der Waals surface area contributed by atoms with Gasteiger partial charge in [-0.15, -0.1) is 0 Å². The van der Waals surface area contributed by atoms with Crippen LogP contribution in [0.1, 0.15) is 32.3 Å². The minimum Gasteiger partial charge on any atom is -0.362 e. The zero-order valence-electron chi connectivity index (χ0n) is 18.2. The van der Waals surface area contributed by atoms with E-state index in [9.17, 15) is 4.79 Å². The molecule has 0 aliphatic carbocycles.